The van der Waals surface area contributed by atoms with Crippen LogP contribution in [0.25, 0.3) is 11.2 Å². The van der Waals surface area contributed by atoms with Gasteiger partial charge in [0.2, 0.25) is 0 Å². The molecule has 0 unspecified atom stereocenters. The van der Waals surface area contributed by atoms with Gasteiger partial charge in [-0.1, -0.05) is 45.1 Å². The van der Waals surface area contributed by atoms with E-state index in [9.17, 15) is 18.0 Å². The van der Waals surface area contributed by atoms with E-state index in [1.165, 1.54) is 17.0 Å². The molecule has 2 aliphatic rings. The van der Waals surface area contributed by atoms with Gasteiger partial charge in [0.25, 0.3) is 0 Å². The first-order chi connectivity index (χ1) is 19.2. The van der Waals surface area contributed by atoms with Gasteiger partial charge in [0.1, 0.15) is 0 Å². The second kappa shape index (κ2) is 12.0. The van der Waals surface area contributed by atoms with Crippen molar-refractivity contribution < 1.29 is 17.9 Å². The third-order valence-corrected chi connectivity index (χ3v) is 7.87. The highest BCUT2D eigenvalue weighted by molar-refractivity contribution is 5.58. The number of benzene rings is 1. The molecule has 3 aromatic rings. The molecular formula is C31H37F3N4O2. The number of hydrogen-bond acceptors (Lipinski definition) is 4. The van der Waals surface area contributed by atoms with Crippen LogP contribution in [0.1, 0.15) is 56.2 Å². The van der Waals surface area contributed by atoms with Gasteiger partial charge < -0.3 is 4.74 Å². The number of imidazole rings is 1. The van der Waals surface area contributed by atoms with Crippen LogP contribution in [-0.4, -0.2) is 46.9 Å². The molecule has 0 spiro atoms. The summed E-state index contributed by atoms with van der Waals surface area (Å²) in [5, 5.41) is 0. The molecule has 6 nitrogen and oxygen atoms in total. The van der Waals surface area contributed by atoms with Crippen molar-refractivity contribution in [2.24, 2.45) is 4.99 Å². The molecule has 0 bridgehead atoms. The standard InChI is InChI=1S/C29H31F3N4O2.C2H6/c1-4-7-22(33-2)14-28(10-6-11-28)21-8-5-9-23(13-21)35-19-26-25(29(30,31)32)12-20(16-36(26)27(35)37)15-34-17-24(18-34)38-3;1-2/h4-5,7-9,12-13,16,19,24H,1-2,6,10-11,14-15,17-18H2,3H3;1-2H3/b22-7-;. The molecule has 1 saturated carbocycles. The van der Waals surface area contributed by atoms with Crippen LogP contribution >= 0.6 is 0 Å². The van der Waals surface area contributed by atoms with Crippen molar-refractivity contribution in [1.82, 2.24) is 13.9 Å². The lowest BCUT2D eigenvalue weighted by atomic mass is 9.62. The minimum absolute atomic E-state index is 0.0847. The smallest absolute Gasteiger partial charge is 0.379 e. The van der Waals surface area contributed by atoms with E-state index >= 15 is 0 Å². The van der Waals surface area contributed by atoms with Crippen LogP contribution in [0.4, 0.5) is 13.2 Å². The molecule has 0 amide bonds. The molecular weight excluding hydrogens is 517 g/mol. The average molecular weight is 555 g/mol. The zero-order valence-corrected chi connectivity index (χ0v) is 23.4. The number of allylic oxidation sites excluding steroid dienone is 3. The lowest BCUT2D eigenvalue weighted by molar-refractivity contribution is -0.136. The minimum atomic E-state index is -4.60. The summed E-state index contributed by atoms with van der Waals surface area (Å²) in [5.41, 5.74) is 1.14. The summed E-state index contributed by atoms with van der Waals surface area (Å²) in [5.74, 6) is 0. The maximum absolute atomic E-state index is 14.1. The Labute approximate surface area is 233 Å². The lowest BCUT2D eigenvalue weighted by Crippen LogP contribution is -2.50. The number of methoxy groups -OCH3 is 1. The molecule has 1 aromatic carbocycles. The van der Waals surface area contributed by atoms with Crippen molar-refractivity contribution in [2.45, 2.75) is 63.8 Å². The third kappa shape index (κ3) is 5.71. The van der Waals surface area contributed by atoms with Crippen LogP contribution in [0, 0.1) is 0 Å². The Morgan fingerprint density at radius 1 is 1.20 bits per heavy atom. The summed E-state index contributed by atoms with van der Waals surface area (Å²) in [6, 6.07) is 8.67. The first kappa shape index (κ1) is 29.6. The highest BCUT2D eigenvalue weighted by Crippen LogP contribution is 2.48. The first-order valence-corrected chi connectivity index (χ1v) is 13.7. The summed E-state index contributed by atoms with van der Waals surface area (Å²) >= 11 is 0. The molecule has 2 aromatic heterocycles. The molecule has 1 aliphatic carbocycles. The Hall–Kier alpha value is -3.43. The SMILES string of the molecule is C=C/C=C(/CC1(c2cccc(-n3cc4c(C(F)(F)F)cc(CN5CC(OC)C5)cn4c3=O)c2)CCC1)N=C.CC. The van der Waals surface area contributed by atoms with Gasteiger partial charge >= 0.3 is 11.9 Å². The summed E-state index contributed by atoms with van der Waals surface area (Å²) in [6.07, 6.45) is 5.47. The van der Waals surface area contributed by atoms with Crippen molar-refractivity contribution in [1.29, 1.82) is 0 Å². The van der Waals surface area contributed by atoms with Crippen molar-refractivity contribution in [2.75, 3.05) is 20.2 Å². The molecule has 1 aliphatic heterocycles. The Bertz CT molecular complexity index is 1460. The van der Waals surface area contributed by atoms with E-state index in [-0.39, 0.29) is 17.0 Å². The third-order valence-electron chi connectivity index (χ3n) is 7.87. The van der Waals surface area contributed by atoms with Crippen LogP contribution in [0.15, 0.2) is 76.9 Å². The van der Waals surface area contributed by atoms with Gasteiger partial charge in [-0.05, 0) is 61.4 Å². The van der Waals surface area contributed by atoms with Gasteiger partial charge in [0.05, 0.1) is 22.9 Å². The Kier molecular flexibility index (Phi) is 8.85. The van der Waals surface area contributed by atoms with Crippen molar-refractivity contribution in [3.8, 4) is 5.69 Å². The molecule has 5 rings (SSSR count). The summed E-state index contributed by atoms with van der Waals surface area (Å²) in [7, 11) is 1.62. The zero-order valence-electron chi connectivity index (χ0n) is 23.4. The number of nitrogens with zero attached hydrogens (tertiary/aromatic N) is 4. The number of fused-ring (bicyclic) bond motifs is 1. The van der Waals surface area contributed by atoms with Crippen molar-refractivity contribution in [3.63, 3.8) is 0 Å². The number of alkyl halides is 3. The summed E-state index contributed by atoms with van der Waals surface area (Å²) < 4.78 is 50.0. The normalized spacial score (nSPS) is 17.5. The molecule has 3 heterocycles. The first-order valence-electron chi connectivity index (χ1n) is 13.7. The highest BCUT2D eigenvalue weighted by Gasteiger charge is 2.39. The van der Waals surface area contributed by atoms with Crippen LogP contribution in [0.2, 0.25) is 0 Å². The molecule has 0 atom stereocenters. The number of halogens is 3. The Morgan fingerprint density at radius 3 is 2.50 bits per heavy atom. The highest BCUT2D eigenvalue weighted by atomic mass is 19.4. The molecule has 0 radical (unpaired) electrons. The van der Waals surface area contributed by atoms with E-state index in [1.807, 2.05) is 43.0 Å². The van der Waals surface area contributed by atoms with Gasteiger partial charge in [-0.2, -0.15) is 13.2 Å². The van der Waals surface area contributed by atoms with E-state index in [0.717, 1.165) is 41.0 Å². The second-order valence-electron chi connectivity index (χ2n) is 10.3. The van der Waals surface area contributed by atoms with Crippen LogP contribution < -0.4 is 5.69 Å². The minimum Gasteiger partial charge on any atom is -0.379 e. The number of pyridine rings is 1. The van der Waals surface area contributed by atoms with Gasteiger partial charge in [-0.25, -0.2) is 4.79 Å². The molecule has 1 saturated heterocycles. The number of aromatic nitrogens is 2. The van der Waals surface area contributed by atoms with Gasteiger partial charge in [-0.15, -0.1) is 0 Å². The van der Waals surface area contributed by atoms with E-state index in [1.54, 1.807) is 19.3 Å². The maximum atomic E-state index is 14.1. The van der Waals surface area contributed by atoms with Crippen LogP contribution in [-0.2, 0) is 22.9 Å². The Balaban J connectivity index is 0.00000181. The van der Waals surface area contributed by atoms with Gasteiger partial charge in [0.15, 0.2) is 0 Å². The second-order valence-corrected chi connectivity index (χ2v) is 10.3. The predicted octanol–water partition coefficient (Wildman–Crippen LogP) is 6.55. The monoisotopic (exact) mass is 554 g/mol. The summed E-state index contributed by atoms with van der Waals surface area (Å²) in [4.78, 5) is 19.6. The molecule has 2 fully saturated rings. The van der Waals surface area contributed by atoms with Crippen LogP contribution in [0.5, 0.6) is 0 Å². The zero-order chi connectivity index (χ0) is 29.1. The summed E-state index contributed by atoms with van der Waals surface area (Å²) in [6.45, 7) is 13.0. The fraction of sp³-hybridized carbons (Fsp3) is 0.419. The number of rotatable bonds is 9. The van der Waals surface area contributed by atoms with E-state index < -0.39 is 17.4 Å². The molecule has 0 N–H and O–H groups in total. The fourth-order valence-electron chi connectivity index (χ4n) is 5.61. The predicted molar refractivity (Wildman–Crippen MR) is 153 cm³/mol. The van der Waals surface area contributed by atoms with E-state index in [0.29, 0.717) is 37.3 Å². The number of aliphatic imine (C=N–C) groups is 1. The van der Waals surface area contributed by atoms with Gasteiger partial charge in [-0.3, -0.25) is 18.9 Å². The average Bonchev–Trinajstić information content (AvgIpc) is 3.23. The lowest BCUT2D eigenvalue weighted by Gasteiger charge is -2.43. The van der Waals surface area contributed by atoms with E-state index in [4.69, 9.17) is 4.74 Å². The van der Waals surface area contributed by atoms with Crippen LogP contribution in [0.3, 0.4) is 0 Å². The molecule has 9 heteroatoms. The topological polar surface area (TPSA) is 51.2 Å². The maximum Gasteiger partial charge on any atom is 0.418 e. The largest absolute Gasteiger partial charge is 0.418 e. The van der Waals surface area contributed by atoms with Crippen molar-refractivity contribution >= 4 is 12.2 Å². The Morgan fingerprint density at radius 2 is 1.93 bits per heavy atom. The number of hydrogen-bond donors (Lipinski definition) is 0. The number of ether oxygens (including phenoxy) is 1. The van der Waals surface area contributed by atoms with E-state index in [2.05, 4.69) is 18.3 Å². The van der Waals surface area contributed by atoms with Gasteiger partial charge in [0, 0.05) is 50.2 Å². The molecule has 214 valence electrons. The quantitative estimate of drug-likeness (QED) is 0.223. The fourth-order valence-corrected chi connectivity index (χ4v) is 5.61. The number of likely N-dealkylation sites (tertiary alicyclic amines) is 1. The van der Waals surface area contributed by atoms with Crippen molar-refractivity contribution in [3.05, 3.63) is 94.3 Å². The molecule has 40 heavy (non-hydrogen) atoms.